The van der Waals surface area contributed by atoms with Crippen molar-refractivity contribution in [1.29, 1.82) is 0 Å². The lowest BCUT2D eigenvalue weighted by Gasteiger charge is -2.45. The number of rotatable bonds is 5. The number of phenolic OH excluding ortho intramolecular Hbond substituents is 1. The fourth-order valence-electron chi connectivity index (χ4n) is 7.23. The average molecular weight is 579 g/mol. The molecule has 41 heavy (non-hydrogen) atoms. The van der Waals surface area contributed by atoms with Crippen LogP contribution in [0.25, 0.3) is 0 Å². The number of ketones is 2. The minimum atomic E-state index is -4.87. The number of nitrogens with two attached hydrogens (primary N) is 1. The summed E-state index contributed by atoms with van der Waals surface area (Å²) in [5.41, 5.74) is -1.34. The number of primary amides is 1. The molecule has 1 aromatic rings. The minimum absolute atomic E-state index is 0.176. The van der Waals surface area contributed by atoms with Gasteiger partial charge in [-0.2, -0.15) is 13.2 Å². The highest BCUT2D eigenvalue weighted by Gasteiger charge is 2.60. The Bertz CT molecular complexity index is 1380. The number of nitrogens with one attached hydrogen (secondary N) is 1. The molecule has 0 aliphatic heterocycles. The molecule has 7 N–H and O–H groups in total. The number of benzene rings is 1. The van der Waals surface area contributed by atoms with Gasteiger partial charge in [-0.25, -0.2) is 0 Å². The molecule has 9 nitrogen and oxygen atoms in total. The average Bonchev–Trinajstić information content (AvgIpc) is 3.14. The summed E-state index contributed by atoms with van der Waals surface area (Å²) < 4.78 is 43.6. The number of carbonyl (C=O) groups is 3. The highest BCUT2D eigenvalue weighted by Crippen LogP contribution is 2.53. The topological polar surface area (TPSA) is 170 Å². The van der Waals surface area contributed by atoms with E-state index < -0.39 is 99.0 Å². The largest absolute Gasteiger partial charge is 0.511 e. The number of halogens is 3. The predicted molar refractivity (Wildman–Crippen MR) is 139 cm³/mol. The van der Waals surface area contributed by atoms with Gasteiger partial charge in [0.25, 0.3) is 5.91 Å². The quantitative estimate of drug-likeness (QED) is 0.227. The van der Waals surface area contributed by atoms with Crippen molar-refractivity contribution in [2.24, 2.45) is 23.5 Å². The number of allylic oxidation sites excluding steroid dienone is 2. The molecule has 1 fully saturated rings. The van der Waals surface area contributed by atoms with Crippen LogP contribution in [-0.4, -0.2) is 50.0 Å². The van der Waals surface area contributed by atoms with E-state index in [-0.39, 0.29) is 18.5 Å². The van der Waals surface area contributed by atoms with Gasteiger partial charge in [0.2, 0.25) is 5.78 Å². The summed E-state index contributed by atoms with van der Waals surface area (Å²) in [4.78, 5) is 38.4. The molecule has 0 aromatic heterocycles. The van der Waals surface area contributed by atoms with Crippen molar-refractivity contribution in [2.75, 3.05) is 6.54 Å². The van der Waals surface area contributed by atoms with Crippen LogP contribution in [0.2, 0.25) is 0 Å². The van der Waals surface area contributed by atoms with Gasteiger partial charge in [-0.15, -0.1) is 0 Å². The number of fused-ring (bicyclic) bond motifs is 3. The molecule has 12 heteroatoms. The molecule has 5 rings (SSSR count). The Morgan fingerprint density at radius 3 is 2.34 bits per heavy atom. The maximum absolute atomic E-state index is 14.5. The van der Waals surface area contributed by atoms with E-state index in [2.05, 4.69) is 5.32 Å². The van der Waals surface area contributed by atoms with Gasteiger partial charge in [0.15, 0.2) is 11.4 Å². The second-order valence-corrected chi connectivity index (χ2v) is 11.7. The Morgan fingerprint density at radius 2 is 1.73 bits per heavy atom. The third-order valence-corrected chi connectivity index (χ3v) is 9.15. The van der Waals surface area contributed by atoms with Crippen LogP contribution in [0.5, 0.6) is 5.75 Å². The van der Waals surface area contributed by atoms with Crippen molar-refractivity contribution in [3.63, 3.8) is 0 Å². The number of aliphatic hydroxyl groups is 3. The Labute approximate surface area is 233 Å². The smallest absolute Gasteiger partial charge is 0.417 e. The van der Waals surface area contributed by atoms with Crippen LogP contribution in [0, 0.1) is 17.8 Å². The molecule has 0 spiro atoms. The summed E-state index contributed by atoms with van der Waals surface area (Å²) in [7, 11) is 0. The first kappa shape index (κ1) is 29.1. The van der Waals surface area contributed by atoms with Crippen LogP contribution < -0.4 is 11.1 Å². The molecule has 1 saturated carbocycles. The van der Waals surface area contributed by atoms with E-state index in [0.29, 0.717) is 12.5 Å². The molecule has 4 aliphatic rings. The fourth-order valence-corrected chi connectivity index (χ4v) is 7.23. The van der Waals surface area contributed by atoms with Crippen LogP contribution in [0.1, 0.15) is 78.4 Å². The third-order valence-electron chi connectivity index (χ3n) is 9.15. The number of phenols is 1. The highest BCUT2D eigenvalue weighted by molar-refractivity contribution is 6.24. The van der Waals surface area contributed by atoms with Gasteiger partial charge in [-0.1, -0.05) is 25.7 Å². The highest BCUT2D eigenvalue weighted by atomic mass is 19.4. The lowest BCUT2D eigenvalue weighted by Crippen LogP contribution is -2.57. The lowest BCUT2D eigenvalue weighted by atomic mass is 9.60. The van der Waals surface area contributed by atoms with E-state index >= 15 is 0 Å². The van der Waals surface area contributed by atoms with Gasteiger partial charge in [0.1, 0.15) is 22.8 Å². The van der Waals surface area contributed by atoms with Crippen molar-refractivity contribution in [2.45, 2.75) is 76.1 Å². The summed E-state index contributed by atoms with van der Waals surface area (Å²) in [5, 5.41) is 46.5. The molecule has 3 atom stereocenters. The number of hydrogen-bond acceptors (Lipinski definition) is 8. The zero-order valence-corrected chi connectivity index (χ0v) is 22.3. The summed E-state index contributed by atoms with van der Waals surface area (Å²) in [6.45, 7) is 0.348. The van der Waals surface area contributed by atoms with Crippen molar-refractivity contribution >= 4 is 17.5 Å². The number of amides is 1. The van der Waals surface area contributed by atoms with E-state index in [0.717, 1.165) is 44.6 Å². The van der Waals surface area contributed by atoms with Gasteiger partial charge in [0.05, 0.1) is 11.1 Å². The standard InChI is InChI=1S/C29H33F3N2O7/c30-29(31,32)23-15(12-34-11-13-5-3-1-2-4-6-13)9-18(35)21-17(23)8-14-7-16-10-19(36)22(27(33)40)26(39)28(16,41)25(38)20(14)24(21)37/h9,13-14,16,34-36,38,41H,1-8,10-12H2,(H2,33,40)/t14?,16-,28-/m0/s1. The first-order valence-electron chi connectivity index (χ1n) is 13.9. The van der Waals surface area contributed by atoms with Crippen LogP contribution in [-0.2, 0) is 28.7 Å². The van der Waals surface area contributed by atoms with Crippen LogP contribution in [0.15, 0.2) is 28.7 Å². The zero-order chi connectivity index (χ0) is 29.9. The van der Waals surface area contributed by atoms with Crippen LogP contribution >= 0.6 is 0 Å². The maximum atomic E-state index is 14.5. The Balaban J connectivity index is 1.54. The number of carbonyl (C=O) groups excluding carboxylic acids is 3. The van der Waals surface area contributed by atoms with Crippen molar-refractivity contribution in [1.82, 2.24) is 5.32 Å². The first-order valence-corrected chi connectivity index (χ1v) is 13.9. The monoisotopic (exact) mass is 578 g/mol. The molecule has 4 aliphatic carbocycles. The lowest BCUT2D eigenvalue weighted by molar-refractivity contribution is -0.144. The van der Waals surface area contributed by atoms with E-state index in [9.17, 15) is 48.0 Å². The molecule has 0 radical (unpaired) electrons. The molecule has 1 unspecified atom stereocenters. The normalized spacial score (nSPS) is 27.3. The predicted octanol–water partition coefficient (Wildman–Crippen LogP) is 3.66. The number of alkyl halides is 3. The van der Waals surface area contributed by atoms with Gasteiger partial charge in [-0.05, 0) is 61.3 Å². The fraction of sp³-hybridized carbons (Fsp3) is 0.552. The summed E-state index contributed by atoms with van der Waals surface area (Å²) in [6.07, 6.45) is 0.434. The molecule has 1 amide bonds. The molecule has 222 valence electrons. The number of hydrogen-bond donors (Lipinski definition) is 6. The number of aliphatic hydroxyl groups excluding tert-OH is 2. The molecule has 0 heterocycles. The molecule has 0 saturated heterocycles. The third kappa shape index (κ3) is 4.80. The second-order valence-electron chi connectivity index (χ2n) is 11.7. The van der Waals surface area contributed by atoms with E-state index in [1.807, 2.05) is 0 Å². The zero-order valence-electron chi connectivity index (χ0n) is 22.3. The van der Waals surface area contributed by atoms with Crippen molar-refractivity contribution < 1.29 is 48.0 Å². The van der Waals surface area contributed by atoms with E-state index in [4.69, 9.17) is 5.73 Å². The SMILES string of the molecule is NC(=O)C1=C(O)C[C@@H]2CC3Cc4c(c(O)cc(CNCC5CCCCCC5)c4C(F)(F)F)C(=O)C3=C(O)[C@]2(O)C1=O. The van der Waals surface area contributed by atoms with Crippen molar-refractivity contribution in [3.8, 4) is 5.75 Å². The molecule has 0 bridgehead atoms. The number of aromatic hydroxyl groups is 1. The van der Waals surface area contributed by atoms with Crippen LogP contribution in [0.3, 0.4) is 0 Å². The summed E-state index contributed by atoms with van der Waals surface area (Å²) in [6, 6.07) is 0.898. The minimum Gasteiger partial charge on any atom is -0.511 e. The molecular formula is C29H33F3N2O7. The van der Waals surface area contributed by atoms with Gasteiger partial charge in [-0.3, -0.25) is 14.4 Å². The van der Waals surface area contributed by atoms with Crippen LogP contribution in [0.4, 0.5) is 13.2 Å². The number of Topliss-reactive ketones (excluding diaryl/α,β-unsaturated/α-hetero) is 2. The Morgan fingerprint density at radius 1 is 1.07 bits per heavy atom. The Hall–Kier alpha value is -3.38. The van der Waals surface area contributed by atoms with Crippen molar-refractivity contribution in [3.05, 3.63) is 51.0 Å². The van der Waals surface area contributed by atoms with E-state index in [1.165, 1.54) is 0 Å². The van der Waals surface area contributed by atoms with E-state index in [1.54, 1.807) is 0 Å². The second kappa shape index (κ2) is 10.5. The molecule has 1 aromatic carbocycles. The summed E-state index contributed by atoms with van der Waals surface area (Å²) >= 11 is 0. The van der Waals surface area contributed by atoms with Gasteiger partial charge in [0, 0.05) is 24.5 Å². The first-order chi connectivity index (χ1) is 19.3. The maximum Gasteiger partial charge on any atom is 0.417 e. The summed E-state index contributed by atoms with van der Waals surface area (Å²) in [5.74, 6) is -8.33. The molecular weight excluding hydrogens is 545 g/mol. The van der Waals surface area contributed by atoms with Gasteiger partial charge < -0.3 is 31.5 Å². The Kier molecular flexibility index (Phi) is 7.44. The van der Waals surface area contributed by atoms with Gasteiger partial charge >= 0.3 is 6.18 Å².